The third-order valence-corrected chi connectivity index (χ3v) is 4.86. The second-order valence-electron chi connectivity index (χ2n) is 5.37. The molecule has 0 radical (unpaired) electrons. The number of fused-ring (bicyclic) bond motifs is 1. The smallest absolute Gasteiger partial charge is 0.225 e. The average molecular weight is 302 g/mol. The molecule has 0 fully saturated rings. The molecule has 0 aromatic carbocycles. The molecule has 1 amide bonds. The number of carbonyl (C=O) groups excluding carboxylic acids is 1. The molecular weight excluding hydrogens is 284 g/mol. The van der Waals surface area contributed by atoms with Crippen LogP contribution in [-0.4, -0.2) is 20.1 Å². The van der Waals surface area contributed by atoms with E-state index in [0.717, 1.165) is 33.2 Å². The molecule has 1 unspecified atom stereocenters. The van der Waals surface area contributed by atoms with E-state index in [1.807, 2.05) is 24.6 Å². The number of rotatable bonds is 3. The maximum atomic E-state index is 12.0. The molecule has 0 saturated carbocycles. The highest BCUT2D eigenvalue weighted by Crippen LogP contribution is 2.43. The van der Waals surface area contributed by atoms with Crippen LogP contribution in [0.4, 0.5) is 5.00 Å². The molecule has 1 N–H and O–H groups in total. The van der Waals surface area contributed by atoms with Gasteiger partial charge in [-0.3, -0.25) is 9.48 Å². The Morgan fingerprint density at radius 2 is 2.14 bits per heavy atom. The van der Waals surface area contributed by atoms with Crippen LogP contribution < -0.4 is 5.32 Å². The topological polar surface area (TPSA) is 59.8 Å². The number of hydrogen-bond acceptors (Lipinski definition) is 4. The molecule has 21 heavy (non-hydrogen) atoms. The van der Waals surface area contributed by atoms with Crippen LogP contribution in [0, 0.1) is 20.8 Å². The normalized spacial score (nSPS) is 17.5. The van der Waals surface area contributed by atoms with Crippen LogP contribution >= 0.6 is 11.5 Å². The lowest BCUT2D eigenvalue weighted by molar-refractivity contribution is -0.116. The van der Waals surface area contributed by atoms with Crippen LogP contribution in [-0.2, 0) is 11.3 Å². The third kappa shape index (κ3) is 2.19. The summed E-state index contributed by atoms with van der Waals surface area (Å²) in [7, 11) is 0. The number of allylic oxidation sites excluding steroid dienone is 1. The summed E-state index contributed by atoms with van der Waals surface area (Å²) in [6.07, 6.45) is 2.29. The predicted molar refractivity (Wildman–Crippen MR) is 83.8 cm³/mol. The second kappa shape index (κ2) is 5.11. The number of amides is 1. The fourth-order valence-corrected chi connectivity index (χ4v) is 3.98. The van der Waals surface area contributed by atoms with E-state index in [0.29, 0.717) is 13.0 Å². The van der Waals surface area contributed by atoms with E-state index in [1.54, 1.807) is 0 Å². The maximum Gasteiger partial charge on any atom is 0.225 e. The van der Waals surface area contributed by atoms with Gasteiger partial charge in [0.05, 0.1) is 17.9 Å². The van der Waals surface area contributed by atoms with E-state index in [4.69, 9.17) is 0 Å². The van der Waals surface area contributed by atoms with E-state index in [9.17, 15) is 4.79 Å². The SMILES string of the molecule is C=CCn1nc(C)c(C2CC(=O)Nc3snc(C)c32)c1C. The highest BCUT2D eigenvalue weighted by Gasteiger charge is 2.33. The summed E-state index contributed by atoms with van der Waals surface area (Å²) in [5, 5.41) is 8.39. The first-order valence-electron chi connectivity index (χ1n) is 6.93. The van der Waals surface area contributed by atoms with Crippen LogP contribution in [0.2, 0.25) is 0 Å². The van der Waals surface area contributed by atoms with Gasteiger partial charge < -0.3 is 5.32 Å². The van der Waals surface area contributed by atoms with E-state index >= 15 is 0 Å². The molecular formula is C15H18N4OS. The zero-order chi connectivity index (χ0) is 15.1. The molecule has 1 atom stereocenters. The van der Waals surface area contributed by atoms with Crippen molar-refractivity contribution in [1.29, 1.82) is 0 Å². The van der Waals surface area contributed by atoms with Gasteiger partial charge in [-0.2, -0.15) is 9.47 Å². The van der Waals surface area contributed by atoms with Gasteiger partial charge in [-0.1, -0.05) is 6.08 Å². The summed E-state index contributed by atoms with van der Waals surface area (Å²) in [5.74, 6) is 0.0949. The zero-order valence-corrected chi connectivity index (χ0v) is 13.3. The Hall–Kier alpha value is -1.95. The van der Waals surface area contributed by atoms with Crippen molar-refractivity contribution >= 4 is 22.4 Å². The second-order valence-corrected chi connectivity index (χ2v) is 6.14. The van der Waals surface area contributed by atoms with Crippen LogP contribution in [0.1, 0.15) is 40.5 Å². The van der Waals surface area contributed by atoms with Gasteiger partial charge >= 0.3 is 0 Å². The van der Waals surface area contributed by atoms with E-state index < -0.39 is 0 Å². The minimum absolute atomic E-state index is 0.0473. The highest BCUT2D eigenvalue weighted by molar-refractivity contribution is 7.10. The molecule has 110 valence electrons. The van der Waals surface area contributed by atoms with Crippen LogP contribution in [0.3, 0.4) is 0 Å². The van der Waals surface area contributed by atoms with Crippen LogP contribution in [0.5, 0.6) is 0 Å². The molecule has 1 aliphatic heterocycles. The number of hydrogen-bond donors (Lipinski definition) is 1. The van der Waals surface area contributed by atoms with Crippen molar-refractivity contribution in [2.75, 3.05) is 5.32 Å². The molecule has 0 saturated heterocycles. The van der Waals surface area contributed by atoms with Crippen LogP contribution in [0.15, 0.2) is 12.7 Å². The summed E-state index contributed by atoms with van der Waals surface area (Å²) in [6, 6.07) is 0. The summed E-state index contributed by atoms with van der Waals surface area (Å²) in [5.41, 5.74) is 5.37. The number of nitrogens with zero attached hydrogens (tertiary/aromatic N) is 3. The van der Waals surface area contributed by atoms with Gasteiger partial charge in [-0.25, -0.2) is 0 Å². The average Bonchev–Trinajstić information content (AvgIpc) is 2.91. The Labute approximate surface area is 127 Å². The summed E-state index contributed by atoms with van der Waals surface area (Å²) < 4.78 is 6.34. The summed E-state index contributed by atoms with van der Waals surface area (Å²) in [6.45, 7) is 10.5. The fraction of sp³-hybridized carbons (Fsp3) is 0.400. The molecule has 3 rings (SSSR count). The Kier molecular flexibility index (Phi) is 3.41. The molecule has 1 aliphatic rings. The van der Waals surface area contributed by atoms with Crippen LogP contribution in [0.25, 0.3) is 0 Å². The predicted octanol–water partition coefficient (Wildman–Crippen LogP) is 2.92. The quantitative estimate of drug-likeness (QED) is 0.887. The summed E-state index contributed by atoms with van der Waals surface area (Å²) in [4.78, 5) is 12.0. The molecule has 6 heteroatoms. The van der Waals surface area contributed by atoms with Crippen molar-refractivity contribution < 1.29 is 4.79 Å². The Morgan fingerprint density at radius 1 is 1.38 bits per heavy atom. The van der Waals surface area contributed by atoms with Crippen molar-refractivity contribution in [3.63, 3.8) is 0 Å². The van der Waals surface area contributed by atoms with Gasteiger partial charge in [0.1, 0.15) is 5.00 Å². The lowest BCUT2D eigenvalue weighted by atomic mass is 9.85. The lowest BCUT2D eigenvalue weighted by Gasteiger charge is -2.23. The molecule has 3 heterocycles. The minimum atomic E-state index is 0.0473. The van der Waals surface area contributed by atoms with Gasteiger partial charge in [0.2, 0.25) is 5.91 Å². The van der Waals surface area contributed by atoms with E-state index in [-0.39, 0.29) is 11.8 Å². The molecule has 0 bridgehead atoms. The number of aryl methyl sites for hydroxylation is 2. The Morgan fingerprint density at radius 3 is 2.86 bits per heavy atom. The fourth-order valence-electron chi connectivity index (χ4n) is 3.10. The first kappa shape index (κ1) is 14.0. The number of carbonyl (C=O) groups is 1. The van der Waals surface area contributed by atoms with Gasteiger partial charge in [0.15, 0.2) is 0 Å². The Bertz CT molecular complexity index is 728. The molecule has 0 aliphatic carbocycles. The maximum absolute atomic E-state index is 12.0. The first-order valence-corrected chi connectivity index (χ1v) is 7.71. The number of anilines is 1. The van der Waals surface area contributed by atoms with E-state index in [1.165, 1.54) is 11.5 Å². The van der Waals surface area contributed by atoms with Crippen molar-refractivity contribution in [2.45, 2.75) is 39.7 Å². The van der Waals surface area contributed by atoms with Crippen molar-refractivity contribution in [3.8, 4) is 0 Å². The van der Waals surface area contributed by atoms with E-state index in [2.05, 4.69) is 28.3 Å². The largest absolute Gasteiger partial charge is 0.316 e. The van der Waals surface area contributed by atoms with Crippen molar-refractivity contribution in [3.05, 3.63) is 40.9 Å². The van der Waals surface area contributed by atoms with Gasteiger partial charge in [0, 0.05) is 29.2 Å². The van der Waals surface area contributed by atoms with Gasteiger partial charge in [0.25, 0.3) is 0 Å². The number of aromatic nitrogens is 3. The first-order chi connectivity index (χ1) is 10.0. The van der Waals surface area contributed by atoms with Crippen molar-refractivity contribution in [1.82, 2.24) is 14.2 Å². The van der Waals surface area contributed by atoms with Gasteiger partial charge in [-0.05, 0) is 32.3 Å². The minimum Gasteiger partial charge on any atom is -0.316 e. The zero-order valence-electron chi connectivity index (χ0n) is 12.4. The lowest BCUT2D eigenvalue weighted by Crippen LogP contribution is -2.23. The molecule has 2 aromatic heterocycles. The molecule has 0 spiro atoms. The number of nitrogens with one attached hydrogen (secondary N) is 1. The summed E-state index contributed by atoms with van der Waals surface area (Å²) >= 11 is 1.36. The standard InChI is InChI=1S/C15H18N4OS/c1-5-6-19-10(4)13(8(2)17-19)11-7-12(20)16-15-14(11)9(3)18-21-15/h5,11H,1,6-7H2,2-4H3,(H,16,20). The monoisotopic (exact) mass is 302 g/mol. The molecule has 2 aromatic rings. The van der Waals surface area contributed by atoms with Crippen molar-refractivity contribution in [2.24, 2.45) is 0 Å². The Balaban J connectivity index is 2.15. The van der Waals surface area contributed by atoms with Gasteiger partial charge in [-0.15, -0.1) is 6.58 Å². The highest BCUT2D eigenvalue weighted by atomic mass is 32.1. The molecule has 5 nitrogen and oxygen atoms in total. The third-order valence-electron chi connectivity index (χ3n) is 3.99.